The molecule has 5 heteroatoms. The molecule has 0 atom stereocenters. The molecule has 150 valence electrons. The van der Waals surface area contributed by atoms with Gasteiger partial charge in [-0.15, -0.1) is 0 Å². The minimum Gasteiger partial charge on any atom is -0.496 e. The number of hydrogen-bond donors (Lipinski definition) is 0. The molecule has 3 aromatic rings. The van der Waals surface area contributed by atoms with Crippen molar-refractivity contribution in [2.75, 3.05) is 20.2 Å². The first kappa shape index (κ1) is 19.7. The molecule has 1 aliphatic rings. The van der Waals surface area contributed by atoms with Crippen molar-refractivity contribution in [2.24, 2.45) is 0 Å². The highest BCUT2D eigenvalue weighted by molar-refractivity contribution is 7.89. The molecular formula is C24H25NO3S. The van der Waals surface area contributed by atoms with Gasteiger partial charge in [0.2, 0.25) is 10.0 Å². The van der Waals surface area contributed by atoms with Crippen molar-refractivity contribution >= 4 is 10.0 Å². The lowest BCUT2D eigenvalue weighted by molar-refractivity contribution is 0.313. The van der Waals surface area contributed by atoms with Crippen LogP contribution in [0.15, 0.2) is 83.8 Å². The number of nitrogens with zero attached hydrogens (tertiary/aromatic N) is 1. The summed E-state index contributed by atoms with van der Waals surface area (Å²) in [4.78, 5) is 0.355. The van der Waals surface area contributed by atoms with Crippen LogP contribution >= 0.6 is 0 Å². The van der Waals surface area contributed by atoms with Gasteiger partial charge in [-0.1, -0.05) is 60.7 Å². The van der Waals surface area contributed by atoms with Crippen LogP contribution in [-0.4, -0.2) is 32.9 Å². The van der Waals surface area contributed by atoms with Gasteiger partial charge >= 0.3 is 0 Å². The average Bonchev–Trinajstić information content (AvgIpc) is 2.80. The third kappa shape index (κ3) is 4.07. The van der Waals surface area contributed by atoms with Crippen molar-refractivity contribution in [3.8, 4) is 16.9 Å². The van der Waals surface area contributed by atoms with Crippen molar-refractivity contribution in [2.45, 2.75) is 23.7 Å². The van der Waals surface area contributed by atoms with Crippen LogP contribution in [0.3, 0.4) is 0 Å². The van der Waals surface area contributed by atoms with Gasteiger partial charge in [-0.25, -0.2) is 8.42 Å². The number of sulfonamides is 1. The van der Waals surface area contributed by atoms with Gasteiger partial charge in [-0.05, 0) is 53.6 Å². The fraction of sp³-hybridized carbons (Fsp3) is 0.250. The predicted octanol–water partition coefficient (Wildman–Crippen LogP) is 4.93. The predicted molar refractivity (Wildman–Crippen MR) is 116 cm³/mol. The Morgan fingerprint density at radius 3 is 2.03 bits per heavy atom. The second-order valence-corrected chi connectivity index (χ2v) is 9.25. The van der Waals surface area contributed by atoms with Crippen molar-refractivity contribution in [1.82, 2.24) is 4.31 Å². The van der Waals surface area contributed by atoms with Gasteiger partial charge < -0.3 is 4.74 Å². The van der Waals surface area contributed by atoms with E-state index in [1.165, 1.54) is 5.56 Å². The maximum Gasteiger partial charge on any atom is 0.243 e. The molecular weight excluding hydrogens is 382 g/mol. The summed E-state index contributed by atoms with van der Waals surface area (Å²) >= 11 is 0. The Morgan fingerprint density at radius 1 is 0.793 bits per heavy atom. The van der Waals surface area contributed by atoms with E-state index in [0.29, 0.717) is 23.9 Å². The van der Waals surface area contributed by atoms with Crippen LogP contribution in [0, 0.1) is 0 Å². The van der Waals surface area contributed by atoms with Crippen LogP contribution in [-0.2, 0) is 10.0 Å². The quantitative estimate of drug-likeness (QED) is 0.602. The highest BCUT2D eigenvalue weighted by atomic mass is 32.2. The molecule has 1 fully saturated rings. The molecule has 4 rings (SSSR count). The summed E-state index contributed by atoms with van der Waals surface area (Å²) in [6, 6.07) is 25.2. The van der Waals surface area contributed by atoms with Gasteiger partial charge in [0.1, 0.15) is 5.75 Å². The topological polar surface area (TPSA) is 46.6 Å². The van der Waals surface area contributed by atoms with Gasteiger partial charge in [-0.2, -0.15) is 4.31 Å². The molecule has 1 saturated heterocycles. The molecule has 0 spiro atoms. The van der Waals surface area contributed by atoms with Crippen LogP contribution in [0.1, 0.15) is 24.3 Å². The lowest BCUT2D eigenvalue weighted by Crippen LogP contribution is -2.37. The molecule has 1 aliphatic heterocycles. The van der Waals surface area contributed by atoms with E-state index in [2.05, 4.69) is 6.07 Å². The van der Waals surface area contributed by atoms with Gasteiger partial charge in [0.25, 0.3) is 0 Å². The lowest BCUT2D eigenvalue weighted by Gasteiger charge is -2.32. The number of piperidine rings is 1. The van der Waals surface area contributed by atoms with Gasteiger partial charge in [0.05, 0.1) is 12.0 Å². The molecule has 29 heavy (non-hydrogen) atoms. The minimum atomic E-state index is -3.48. The largest absolute Gasteiger partial charge is 0.496 e. The normalized spacial score (nSPS) is 15.9. The third-order valence-electron chi connectivity index (χ3n) is 5.63. The van der Waals surface area contributed by atoms with E-state index in [1.807, 2.05) is 60.7 Å². The summed E-state index contributed by atoms with van der Waals surface area (Å²) in [5.41, 5.74) is 3.26. The lowest BCUT2D eigenvalue weighted by atomic mass is 9.89. The van der Waals surface area contributed by atoms with Gasteiger partial charge in [0, 0.05) is 13.1 Å². The van der Waals surface area contributed by atoms with Crippen LogP contribution < -0.4 is 4.74 Å². The van der Waals surface area contributed by atoms with E-state index in [-0.39, 0.29) is 0 Å². The van der Waals surface area contributed by atoms with Crippen LogP contribution in [0.4, 0.5) is 0 Å². The molecule has 0 saturated carbocycles. The monoisotopic (exact) mass is 407 g/mol. The fourth-order valence-corrected chi connectivity index (χ4v) is 5.48. The number of para-hydroxylation sites is 1. The number of methoxy groups -OCH3 is 1. The number of ether oxygens (including phenoxy) is 1. The summed E-state index contributed by atoms with van der Waals surface area (Å²) in [5.74, 6) is 1.20. The van der Waals surface area contributed by atoms with Crippen molar-refractivity contribution in [1.29, 1.82) is 0 Å². The molecule has 0 N–H and O–H groups in total. The van der Waals surface area contributed by atoms with E-state index in [9.17, 15) is 8.42 Å². The van der Waals surface area contributed by atoms with E-state index >= 15 is 0 Å². The molecule has 0 amide bonds. The smallest absolute Gasteiger partial charge is 0.243 e. The Balaban J connectivity index is 1.48. The first-order chi connectivity index (χ1) is 14.1. The summed E-state index contributed by atoms with van der Waals surface area (Å²) in [5, 5.41) is 0. The molecule has 4 nitrogen and oxygen atoms in total. The minimum absolute atomic E-state index is 0.318. The maximum absolute atomic E-state index is 13.1. The van der Waals surface area contributed by atoms with Crippen LogP contribution in [0.25, 0.3) is 11.1 Å². The second-order valence-electron chi connectivity index (χ2n) is 7.31. The molecule has 0 aliphatic carbocycles. The van der Waals surface area contributed by atoms with Crippen molar-refractivity contribution < 1.29 is 13.2 Å². The highest BCUT2D eigenvalue weighted by Gasteiger charge is 2.30. The molecule has 0 radical (unpaired) electrons. The van der Waals surface area contributed by atoms with E-state index in [1.54, 1.807) is 23.5 Å². The van der Waals surface area contributed by atoms with Crippen molar-refractivity contribution in [3.63, 3.8) is 0 Å². The van der Waals surface area contributed by atoms with Gasteiger partial charge in [-0.3, -0.25) is 0 Å². The molecule has 1 heterocycles. The molecule has 0 unspecified atom stereocenters. The van der Waals surface area contributed by atoms with Crippen LogP contribution in [0.2, 0.25) is 0 Å². The average molecular weight is 408 g/mol. The number of benzene rings is 3. The van der Waals surface area contributed by atoms with Crippen molar-refractivity contribution in [3.05, 3.63) is 84.4 Å². The second kappa shape index (κ2) is 8.39. The third-order valence-corrected chi connectivity index (χ3v) is 7.54. The summed E-state index contributed by atoms with van der Waals surface area (Å²) < 4.78 is 33.3. The molecule has 0 aromatic heterocycles. The first-order valence-corrected chi connectivity index (χ1v) is 11.3. The Morgan fingerprint density at radius 2 is 1.38 bits per heavy atom. The highest BCUT2D eigenvalue weighted by Crippen LogP contribution is 2.35. The van der Waals surface area contributed by atoms with Gasteiger partial charge in [0.15, 0.2) is 0 Å². The number of hydrogen-bond acceptors (Lipinski definition) is 3. The fourth-order valence-electron chi connectivity index (χ4n) is 4.01. The van der Waals surface area contributed by atoms with Crippen LogP contribution in [0.5, 0.6) is 5.75 Å². The maximum atomic E-state index is 13.1. The first-order valence-electron chi connectivity index (χ1n) is 9.88. The zero-order chi connectivity index (χ0) is 20.3. The van der Waals surface area contributed by atoms with E-state index in [0.717, 1.165) is 29.7 Å². The Labute approximate surface area is 172 Å². The van der Waals surface area contributed by atoms with E-state index < -0.39 is 10.0 Å². The summed E-state index contributed by atoms with van der Waals surface area (Å²) in [7, 11) is -1.80. The Hall–Kier alpha value is -2.63. The Kier molecular flexibility index (Phi) is 5.69. The summed E-state index contributed by atoms with van der Waals surface area (Å²) in [6.07, 6.45) is 1.59. The zero-order valence-electron chi connectivity index (χ0n) is 16.5. The SMILES string of the molecule is COc1ccccc1C1CCN(S(=O)(=O)c2ccc(-c3ccccc3)cc2)CC1. The van der Waals surface area contributed by atoms with E-state index in [4.69, 9.17) is 4.74 Å². The molecule has 0 bridgehead atoms. The standard InChI is InChI=1S/C24H25NO3S/c1-28-24-10-6-5-9-23(24)21-15-17-25(18-16-21)29(26,27)22-13-11-20(12-14-22)19-7-3-2-4-8-19/h2-14,21H,15-18H2,1H3. The zero-order valence-corrected chi connectivity index (χ0v) is 17.3. The Bertz CT molecular complexity index is 1050. The summed E-state index contributed by atoms with van der Waals surface area (Å²) in [6.45, 7) is 1.04. The molecule has 3 aromatic carbocycles. The number of rotatable bonds is 5.